The summed E-state index contributed by atoms with van der Waals surface area (Å²) in [6.07, 6.45) is 0.452. The van der Waals surface area contributed by atoms with Gasteiger partial charge >= 0.3 is 12.0 Å². The number of nitrogens with one attached hydrogen (secondary N) is 3. The number of carbonyl (C=O) groups excluding carboxylic acids is 3. The van der Waals surface area contributed by atoms with E-state index in [1.54, 1.807) is 25.1 Å². The van der Waals surface area contributed by atoms with E-state index in [0.717, 1.165) is 0 Å². The first-order chi connectivity index (χ1) is 12.2. The minimum atomic E-state index is -3.71. The third-order valence-corrected chi connectivity index (χ3v) is 4.76. The van der Waals surface area contributed by atoms with E-state index in [9.17, 15) is 22.8 Å². The lowest BCUT2D eigenvalue weighted by Crippen LogP contribution is -2.44. The summed E-state index contributed by atoms with van der Waals surface area (Å²) in [5.41, 5.74) is 0. The van der Waals surface area contributed by atoms with Crippen LogP contribution in [0.25, 0.3) is 0 Å². The van der Waals surface area contributed by atoms with Gasteiger partial charge < -0.3 is 10.1 Å². The van der Waals surface area contributed by atoms with E-state index in [-0.39, 0.29) is 23.9 Å². The number of rotatable bonds is 9. The first-order valence-corrected chi connectivity index (χ1v) is 9.53. The number of urea groups is 1. The van der Waals surface area contributed by atoms with Gasteiger partial charge in [-0.2, -0.15) is 0 Å². The van der Waals surface area contributed by atoms with Crippen LogP contribution >= 0.6 is 0 Å². The van der Waals surface area contributed by atoms with Crippen LogP contribution < -0.4 is 15.4 Å². The molecular weight excluding hydrogens is 362 g/mol. The van der Waals surface area contributed by atoms with Gasteiger partial charge in [-0.3, -0.25) is 14.9 Å². The van der Waals surface area contributed by atoms with E-state index in [1.807, 2.05) is 12.2 Å². The molecule has 9 nitrogen and oxygen atoms in total. The summed E-state index contributed by atoms with van der Waals surface area (Å²) in [4.78, 5) is 34.5. The second kappa shape index (κ2) is 10.5. The van der Waals surface area contributed by atoms with E-state index in [2.05, 4.69) is 10.0 Å². The number of hydrogen-bond donors (Lipinski definition) is 3. The topological polar surface area (TPSA) is 131 Å². The molecule has 0 radical (unpaired) electrons. The second-order valence-electron chi connectivity index (χ2n) is 5.45. The van der Waals surface area contributed by atoms with Gasteiger partial charge in [0.25, 0.3) is 5.91 Å². The number of benzene rings is 1. The van der Waals surface area contributed by atoms with Crippen molar-refractivity contribution in [3.05, 3.63) is 30.3 Å². The maximum atomic E-state index is 11.9. The SMILES string of the molecule is CC[C@@H](C)NC(=O)NC(=O)COC(=O)CCNS(=O)(=O)c1ccccc1. The minimum absolute atomic E-state index is 0.0834. The molecule has 1 aromatic rings. The molecule has 0 bridgehead atoms. The average molecular weight is 385 g/mol. The molecule has 0 aromatic heterocycles. The molecule has 1 aromatic carbocycles. The normalized spacial score (nSPS) is 12.1. The Labute approximate surface area is 152 Å². The van der Waals surface area contributed by atoms with E-state index >= 15 is 0 Å². The van der Waals surface area contributed by atoms with E-state index in [1.165, 1.54) is 12.1 Å². The van der Waals surface area contributed by atoms with Crippen LogP contribution in [-0.4, -0.2) is 45.5 Å². The zero-order chi connectivity index (χ0) is 19.6. The van der Waals surface area contributed by atoms with Crippen LogP contribution in [0.15, 0.2) is 35.2 Å². The molecule has 10 heteroatoms. The van der Waals surface area contributed by atoms with Crippen molar-refractivity contribution in [2.45, 2.75) is 37.6 Å². The van der Waals surface area contributed by atoms with Crippen molar-refractivity contribution < 1.29 is 27.5 Å². The Hall–Kier alpha value is -2.46. The number of imide groups is 1. The predicted molar refractivity (Wildman–Crippen MR) is 93.6 cm³/mol. The van der Waals surface area contributed by atoms with Crippen molar-refractivity contribution in [1.82, 2.24) is 15.4 Å². The zero-order valence-electron chi connectivity index (χ0n) is 14.7. The van der Waals surface area contributed by atoms with Gasteiger partial charge in [0.05, 0.1) is 11.3 Å². The second-order valence-corrected chi connectivity index (χ2v) is 7.22. The molecule has 1 atom stereocenters. The molecule has 0 aliphatic rings. The fraction of sp³-hybridized carbons (Fsp3) is 0.438. The summed E-state index contributed by atoms with van der Waals surface area (Å²) in [5.74, 6) is -1.54. The third-order valence-electron chi connectivity index (χ3n) is 3.28. The highest BCUT2D eigenvalue weighted by Gasteiger charge is 2.15. The number of carbonyl (C=O) groups is 3. The number of ether oxygens (including phenoxy) is 1. The number of amides is 3. The van der Waals surface area contributed by atoms with Crippen LogP contribution in [0.2, 0.25) is 0 Å². The highest BCUT2D eigenvalue weighted by Crippen LogP contribution is 2.06. The molecule has 1 rings (SSSR count). The largest absolute Gasteiger partial charge is 0.456 e. The molecule has 0 fully saturated rings. The smallest absolute Gasteiger partial charge is 0.321 e. The molecule has 0 saturated heterocycles. The van der Waals surface area contributed by atoms with Crippen LogP contribution in [0.1, 0.15) is 26.7 Å². The minimum Gasteiger partial charge on any atom is -0.456 e. The molecule has 0 saturated carbocycles. The molecule has 3 amide bonds. The Bertz CT molecular complexity index is 721. The van der Waals surface area contributed by atoms with Gasteiger partial charge in [-0.15, -0.1) is 0 Å². The van der Waals surface area contributed by atoms with Crippen molar-refractivity contribution >= 4 is 27.9 Å². The van der Waals surface area contributed by atoms with Gasteiger partial charge in [-0.1, -0.05) is 25.1 Å². The standard InChI is InChI=1S/C16H23N3O6S/c1-3-12(2)18-16(22)19-14(20)11-25-15(21)9-10-17-26(23,24)13-7-5-4-6-8-13/h4-8,12,17H,3,9-11H2,1-2H3,(H2,18,19,20,22)/t12-/m1/s1. The third kappa shape index (κ3) is 8.08. The number of sulfonamides is 1. The Morgan fingerprint density at radius 2 is 1.81 bits per heavy atom. The lowest BCUT2D eigenvalue weighted by Gasteiger charge is -2.11. The summed E-state index contributed by atoms with van der Waals surface area (Å²) in [6, 6.07) is 6.94. The van der Waals surface area contributed by atoms with Crippen molar-refractivity contribution in [3.63, 3.8) is 0 Å². The monoisotopic (exact) mass is 385 g/mol. The quantitative estimate of drug-likeness (QED) is 0.531. The van der Waals surface area contributed by atoms with Gasteiger partial charge in [0.15, 0.2) is 6.61 Å². The summed E-state index contributed by atoms with van der Waals surface area (Å²) in [5, 5.41) is 4.55. The summed E-state index contributed by atoms with van der Waals surface area (Å²) in [6.45, 7) is 2.85. The van der Waals surface area contributed by atoms with E-state index in [4.69, 9.17) is 4.74 Å². The van der Waals surface area contributed by atoms with Crippen molar-refractivity contribution in [2.24, 2.45) is 0 Å². The fourth-order valence-corrected chi connectivity index (χ4v) is 2.77. The van der Waals surface area contributed by atoms with Crippen LogP contribution in [0.4, 0.5) is 4.79 Å². The van der Waals surface area contributed by atoms with E-state index in [0.29, 0.717) is 6.42 Å². The Balaban J connectivity index is 2.28. The maximum Gasteiger partial charge on any atom is 0.321 e. The van der Waals surface area contributed by atoms with Gasteiger partial charge in [-0.05, 0) is 25.5 Å². The van der Waals surface area contributed by atoms with Crippen molar-refractivity contribution in [1.29, 1.82) is 0 Å². The molecule has 0 aliphatic heterocycles. The summed E-state index contributed by atoms with van der Waals surface area (Å²) >= 11 is 0. The zero-order valence-corrected chi connectivity index (χ0v) is 15.5. The molecule has 144 valence electrons. The summed E-state index contributed by atoms with van der Waals surface area (Å²) in [7, 11) is -3.71. The number of esters is 1. The highest BCUT2D eigenvalue weighted by atomic mass is 32.2. The number of hydrogen-bond acceptors (Lipinski definition) is 6. The molecule has 0 heterocycles. The Morgan fingerprint density at radius 1 is 1.15 bits per heavy atom. The van der Waals surface area contributed by atoms with Gasteiger partial charge in [0, 0.05) is 12.6 Å². The summed E-state index contributed by atoms with van der Waals surface area (Å²) < 4.78 is 30.8. The average Bonchev–Trinajstić information content (AvgIpc) is 2.60. The van der Waals surface area contributed by atoms with Gasteiger partial charge in [-0.25, -0.2) is 17.9 Å². The lowest BCUT2D eigenvalue weighted by molar-refractivity contribution is -0.148. The Morgan fingerprint density at radius 3 is 2.42 bits per heavy atom. The molecule has 0 spiro atoms. The van der Waals surface area contributed by atoms with Crippen LogP contribution in [0.3, 0.4) is 0 Å². The lowest BCUT2D eigenvalue weighted by atomic mass is 10.3. The molecule has 0 aliphatic carbocycles. The molecule has 26 heavy (non-hydrogen) atoms. The Kier molecular flexibility index (Phi) is 8.73. The molecule has 3 N–H and O–H groups in total. The first-order valence-electron chi connectivity index (χ1n) is 8.05. The van der Waals surface area contributed by atoms with Crippen molar-refractivity contribution in [3.8, 4) is 0 Å². The van der Waals surface area contributed by atoms with Gasteiger partial charge in [0.2, 0.25) is 10.0 Å². The highest BCUT2D eigenvalue weighted by molar-refractivity contribution is 7.89. The first kappa shape index (κ1) is 21.6. The van der Waals surface area contributed by atoms with Crippen molar-refractivity contribution in [2.75, 3.05) is 13.2 Å². The van der Waals surface area contributed by atoms with E-state index < -0.39 is 34.5 Å². The fourth-order valence-electron chi connectivity index (χ4n) is 1.71. The van der Waals surface area contributed by atoms with Crippen LogP contribution in [0.5, 0.6) is 0 Å². The van der Waals surface area contributed by atoms with Crippen LogP contribution in [0, 0.1) is 0 Å². The molecule has 0 unspecified atom stereocenters. The maximum absolute atomic E-state index is 11.9. The van der Waals surface area contributed by atoms with Gasteiger partial charge in [0.1, 0.15) is 0 Å². The molecular formula is C16H23N3O6S. The predicted octanol–water partition coefficient (Wildman–Crippen LogP) is 0.523. The van der Waals surface area contributed by atoms with Crippen LogP contribution in [-0.2, 0) is 24.3 Å².